The smallest absolute Gasteiger partial charge is 0.307 e. The molecule has 2 aromatic rings. The van der Waals surface area contributed by atoms with Crippen LogP contribution in [0.25, 0.3) is 0 Å². The molecule has 5 aliphatic rings. The monoisotopic (exact) mass is 502 g/mol. The van der Waals surface area contributed by atoms with Gasteiger partial charge in [0.25, 0.3) is 0 Å². The lowest BCUT2D eigenvalue weighted by Gasteiger charge is -2.61. The maximum absolute atomic E-state index is 13.3. The number of likely N-dealkylation sites (tertiary alicyclic amines) is 2. The second kappa shape index (κ2) is 10.9. The normalized spacial score (nSPS) is 33.0. The second-order valence-electron chi connectivity index (χ2n) is 12.0. The van der Waals surface area contributed by atoms with Crippen molar-refractivity contribution in [3.05, 3.63) is 71.8 Å². The summed E-state index contributed by atoms with van der Waals surface area (Å²) in [5, 5.41) is 9.81. The zero-order chi connectivity index (χ0) is 25.2. The Bertz CT molecular complexity index is 981. The molecule has 0 aromatic heterocycles. The minimum Gasteiger partial charge on any atom is -0.462 e. The van der Waals surface area contributed by atoms with Crippen LogP contribution in [0.4, 0.5) is 0 Å². The van der Waals surface area contributed by atoms with Crippen LogP contribution in [0.1, 0.15) is 74.3 Å². The highest BCUT2D eigenvalue weighted by atomic mass is 16.5. The molecule has 2 saturated heterocycles. The molecule has 5 fully saturated rings. The Labute approximate surface area is 221 Å². The number of carbonyl (C=O) groups excluding carboxylic acids is 1. The number of fused-ring (bicyclic) bond motifs is 3. The molecular formula is C32H42N2O3. The van der Waals surface area contributed by atoms with Gasteiger partial charge in [-0.1, -0.05) is 60.7 Å². The van der Waals surface area contributed by atoms with Gasteiger partial charge in [0.05, 0.1) is 12.5 Å². The third kappa shape index (κ3) is 5.23. The number of aliphatic hydroxyl groups excluding tert-OH is 1. The van der Waals surface area contributed by atoms with E-state index in [1.807, 2.05) is 0 Å². The van der Waals surface area contributed by atoms with Crippen LogP contribution >= 0.6 is 0 Å². The van der Waals surface area contributed by atoms with Crippen LogP contribution in [-0.4, -0.2) is 71.3 Å². The Kier molecular flexibility index (Phi) is 7.38. The number of benzene rings is 2. The van der Waals surface area contributed by atoms with Crippen LogP contribution in [-0.2, 0) is 9.53 Å². The number of esters is 1. The molecule has 198 valence electrons. The summed E-state index contributed by atoms with van der Waals surface area (Å²) in [6.45, 7) is 4.78. The molecule has 3 saturated carbocycles. The number of hydrogen-bond donors (Lipinski definition) is 1. The van der Waals surface area contributed by atoms with Crippen LogP contribution < -0.4 is 0 Å². The summed E-state index contributed by atoms with van der Waals surface area (Å²) in [7, 11) is 0. The van der Waals surface area contributed by atoms with Gasteiger partial charge in [-0.2, -0.15) is 0 Å². The quantitative estimate of drug-likeness (QED) is 0.543. The lowest BCUT2D eigenvalue weighted by Crippen LogP contribution is -2.62. The summed E-state index contributed by atoms with van der Waals surface area (Å²) in [5.41, 5.74) is 2.87. The van der Waals surface area contributed by atoms with Crippen LogP contribution in [0.3, 0.4) is 0 Å². The van der Waals surface area contributed by atoms with Crippen molar-refractivity contribution in [1.29, 1.82) is 0 Å². The number of aliphatic hydroxyl groups is 1. The molecule has 2 bridgehead atoms. The molecule has 1 N–H and O–H groups in total. The average molecular weight is 503 g/mol. The molecule has 2 aliphatic heterocycles. The highest BCUT2D eigenvalue weighted by Gasteiger charge is 2.59. The third-order valence-electron chi connectivity index (χ3n) is 9.84. The highest BCUT2D eigenvalue weighted by molar-refractivity contribution is 5.70. The molecule has 7 rings (SSSR count). The molecule has 37 heavy (non-hydrogen) atoms. The topological polar surface area (TPSA) is 53.0 Å². The van der Waals surface area contributed by atoms with Gasteiger partial charge < -0.3 is 14.7 Å². The Balaban J connectivity index is 1.28. The molecule has 0 amide bonds. The first kappa shape index (κ1) is 25.1. The van der Waals surface area contributed by atoms with Crippen molar-refractivity contribution in [3.63, 3.8) is 0 Å². The van der Waals surface area contributed by atoms with E-state index >= 15 is 0 Å². The van der Waals surface area contributed by atoms with E-state index in [9.17, 15) is 9.90 Å². The van der Waals surface area contributed by atoms with Crippen LogP contribution in [0.2, 0.25) is 0 Å². The first-order chi connectivity index (χ1) is 18.1. The van der Waals surface area contributed by atoms with Gasteiger partial charge >= 0.3 is 5.97 Å². The maximum atomic E-state index is 13.3. The van der Waals surface area contributed by atoms with Crippen molar-refractivity contribution in [2.75, 3.05) is 32.7 Å². The molecule has 5 heteroatoms. The fourth-order valence-corrected chi connectivity index (χ4v) is 8.05. The summed E-state index contributed by atoms with van der Waals surface area (Å²) in [6.07, 6.45) is 7.61. The molecule has 0 unspecified atom stereocenters. The summed E-state index contributed by atoms with van der Waals surface area (Å²) in [6, 6.07) is 22.0. The van der Waals surface area contributed by atoms with Gasteiger partial charge in [0.2, 0.25) is 0 Å². The third-order valence-corrected chi connectivity index (χ3v) is 9.84. The van der Waals surface area contributed by atoms with Gasteiger partial charge in [-0.15, -0.1) is 0 Å². The largest absolute Gasteiger partial charge is 0.462 e. The first-order valence-electron chi connectivity index (χ1n) is 14.6. The summed E-state index contributed by atoms with van der Waals surface area (Å²) >= 11 is 0. The maximum Gasteiger partial charge on any atom is 0.307 e. The van der Waals surface area contributed by atoms with Gasteiger partial charge in [0.1, 0.15) is 6.10 Å². The van der Waals surface area contributed by atoms with E-state index in [1.54, 1.807) is 0 Å². The van der Waals surface area contributed by atoms with Gasteiger partial charge in [0, 0.05) is 37.5 Å². The number of ether oxygens (including phenoxy) is 1. The van der Waals surface area contributed by atoms with Crippen molar-refractivity contribution in [2.45, 2.75) is 80.9 Å². The minimum absolute atomic E-state index is 0.0566. The minimum atomic E-state index is -0.187. The number of nitrogens with zero attached hydrogens (tertiary/aromatic N) is 2. The fourth-order valence-electron chi connectivity index (χ4n) is 8.05. The van der Waals surface area contributed by atoms with Crippen molar-refractivity contribution < 1.29 is 14.6 Å². The van der Waals surface area contributed by atoms with E-state index in [2.05, 4.69) is 70.5 Å². The van der Waals surface area contributed by atoms with E-state index in [0.717, 1.165) is 64.8 Å². The van der Waals surface area contributed by atoms with Crippen LogP contribution in [0.5, 0.6) is 0 Å². The van der Waals surface area contributed by atoms with Gasteiger partial charge in [-0.05, 0) is 74.6 Å². The molecule has 2 aromatic carbocycles. The Morgan fingerprint density at radius 2 is 1.41 bits per heavy atom. The number of piperidine rings is 1. The molecule has 5 nitrogen and oxygen atoms in total. The van der Waals surface area contributed by atoms with Crippen molar-refractivity contribution in [1.82, 2.24) is 9.80 Å². The second-order valence-corrected chi connectivity index (χ2v) is 12.0. The molecule has 3 aliphatic carbocycles. The first-order valence-corrected chi connectivity index (χ1v) is 14.6. The molecule has 0 spiro atoms. The van der Waals surface area contributed by atoms with E-state index < -0.39 is 0 Å². The summed E-state index contributed by atoms with van der Waals surface area (Å²) in [4.78, 5) is 18.4. The Hall–Kier alpha value is -2.21. The number of rotatable bonds is 7. The lowest BCUT2D eigenvalue weighted by molar-refractivity contribution is -0.168. The average Bonchev–Trinajstić information content (AvgIpc) is 3.50. The van der Waals surface area contributed by atoms with Crippen molar-refractivity contribution in [3.8, 4) is 0 Å². The molecule has 2 heterocycles. The van der Waals surface area contributed by atoms with Gasteiger partial charge in [-0.25, -0.2) is 0 Å². The van der Waals surface area contributed by atoms with Gasteiger partial charge in [-0.3, -0.25) is 9.69 Å². The molecule has 3 atom stereocenters. The Morgan fingerprint density at radius 3 is 1.97 bits per heavy atom. The van der Waals surface area contributed by atoms with Crippen LogP contribution in [0.15, 0.2) is 60.7 Å². The SMILES string of the molecule is O=C(CCN1CCC(O)CC1)O[C@H]1CC2(N3CCCC3)C[C@@H](c3ccccc3)C1[C@H](c1ccccc1)C2. The standard InChI is InChI=1S/C32H42N2O3/c35-26-13-18-33(19-14-26)20-15-30(36)37-29-23-32(34-16-7-8-17-34)21-27(24-9-3-1-4-10-24)31(29)28(22-32)25-11-5-2-6-12-25/h1-6,9-12,26-29,31,35H,7-8,13-23H2/t27-,28-,29-,31?,32?/m0/s1. The zero-order valence-corrected chi connectivity index (χ0v) is 22.0. The fraction of sp³-hybridized carbons (Fsp3) is 0.594. The number of carbonyl (C=O) groups is 1. The molecule has 0 radical (unpaired) electrons. The summed E-state index contributed by atoms with van der Waals surface area (Å²) < 4.78 is 6.48. The zero-order valence-electron chi connectivity index (χ0n) is 22.0. The van der Waals surface area contributed by atoms with E-state index in [1.165, 1.54) is 24.0 Å². The summed E-state index contributed by atoms with van der Waals surface area (Å²) in [5.74, 6) is 1.01. The van der Waals surface area contributed by atoms with E-state index in [0.29, 0.717) is 24.2 Å². The lowest BCUT2D eigenvalue weighted by atomic mass is 9.51. The van der Waals surface area contributed by atoms with Crippen LogP contribution in [0, 0.1) is 5.92 Å². The van der Waals surface area contributed by atoms with Crippen molar-refractivity contribution >= 4 is 5.97 Å². The molecular weight excluding hydrogens is 460 g/mol. The Morgan fingerprint density at radius 1 is 0.838 bits per heavy atom. The van der Waals surface area contributed by atoms with Crippen molar-refractivity contribution in [2.24, 2.45) is 5.92 Å². The van der Waals surface area contributed by atoms with E-state index in [4.69, 9.17) is 4.74 Å². The van der Waals surface area contributed by atoms with Gasteiger partial charge in [0.15, 0.2) is 0 Å². The predicted octanol–water partition coefficient (Wildman–Crippen LogP) is 4.96. The predicted molar refractivity (Wildman–Crippen MR) is 145 cm³/mol. The highest BCUT2D eigenvalue weighted by Crippen LogP contribution is 2.61. The number of hydrogen-bond acceptors (Lipinski definition) is 5. The van der Waals surface area contributed by atoms with E-state index in [-0.39, 0.29) is 23.7 Å².